The van der Waals surface area contributed by atoms with E-state index >= 15 is 0 Å². The highest BCUT2D eigenvalue weighted by atomic mass is 16.2. The van der Waals surface area contributed by atoms with E-state index in [9.17, 15) is 14.4 Å². The van der Waals surface area contributed by atoms with Gasteiger partial charge in [0, 0.05) is 29.7 Å². The lowest BCUT2D eigenvalue weighted by Gasteiger charge is -2.45. The fraction of sp³-hybridized carbons (Fsp3) is 0.533. The van der Waals surface area contributed by atoms with Gasteiger partial charge in [0.15, 0.2) is 0 Å². The van der Waals surface area contributed by atoms with E-state index in [-0.39, 0.29) is 29.6 Å². The number of nitrogens with zero attached hydrogens (tertiary/aromatic N) is 1. The van der Waals surface area contributed by atoms with Gasteiger partial charge >= 0.3 is 0 Å². The summed E-state index contributed by atoms with van der Waals surface area (Å²) in [5.41, 5.74) is 7.13. The van der Waals surface area contributed by atoms with Crippen molar-refractivity contribution in [2.75, 3.05) is 6.54 Å². The summed E-state index contributed by atoms with van der Waals surface area (Å²) in [6.07, 6.45) is 5.68. The Morgan fingerprint density at radius 3 is 2.81 bits per heavy atom. The number of amides is 3. The lowest BCUT2D eigenvalue weighted by Crippen LogP contribution is -2.58. The molecule has 2 saturated heterocycles. The van der Waals surface area contributed by atoms with E-state index in [1.54, 1.807) is 17.1 Å². The standard InChI is InChI=1S/C15H19N3O3/c1-15-6-7-18(11-4-5-12(19)17-13(11)20)14(21)10(15)3-2-9(16)8-15/h2-3,11H,4-8,16H2,1H3,(H,17,19,20). The third-order valence-corrected chi connectivity index (χ3v) is 4.69. The van der Waals surface area contributed by atoms with Gasteiger partial charge in [-0.2, -0.15) is 0 Å². The first-order valence-electron chi connectivity index (χ1n) is 7.22. The van der Waals surface area contributed by atoms with Crippen molar-refractivity contribution in [3.05, 3.63) is 23.4 Å². The van der Waals surface area contributed by atoms with Gasteiger partial charge in [-0.3, -0.25) is 19.7 Å². The lowest BCUT2D eigenvalue weighted by atomic mass is 9.70. The Labute approximate surface area is 123 Å². The predicted octanol–water partition coefficient (Wildman–Crippen LogP) is 0.203. The van der Waals surface area contributed by atoms with Crippen LogP contribution in [0.2, 0.25) is 0 Å². The van der Waals surface area contributed by atoms with Crippen LogP contribution in [0.1, 0.15) is 32.6 Å². The summed E-state index contributed by atoms with van der Waals surface area (Å²) in [6, 6.07) is -0.538. The molecule has 0 saturated carbocycles. The third-order valence-electron chi connectivity index (χ3n) is 4.69. The molecule has 6 heteroatoms. The predicted molar refractivity (Wildman–Crippen MR) is 75.6 cm³/mol. The Bertz CT molecular complexity index is 593. The van der Waals surface area contributed by atoms with E-state index in [1.807, 2.05) is 6.92 Å². The Hall–Kier alpha value is -2.11. The lowest BCUT2D eigenvalue weighted by molar-refractivity contribution is -0.146. The molecular weight excluding hydrogens is 270 g/mol. The molecule has 2 unspecified atom stereocenters. The van der Waals surface area contributed by atoms with Crippen LogP contribution in [0.5, 0.6) is 0 Å². The van der Waals surface area contributed by atoms with E-state index in [0.29, 0.717) is 25.0 Å². The summed E-state index contributed by atoms with van der Waals surface area (Å²) in [4.78, 5) is 37.5. The quantitative estimate of drug-likeness (QED) is 0.675. The molecule has 0 aromatic heterocycles. The summed E-state index contributed by atoms with van der Waals surface area (Å²) in [5, 5.41) is 2.31. The molecule has 0 aromatic rings. The molecule has 0 aromatic carbocycles. The van der Waals surface area contributed by atoms with Crippen molar-refractivity contribution in [2.24, 2.45) is 11.1 Å². The van der Waals surface area contributed by atoms with Gasteiger partial charge in [0.2, 0.25) is 11.8 Å². The second-order valence-corrected chi connectivity index (χ2v) is 6.27. The normalized spacial score (nSPS) is 33.1. The van der Waals surface area contributed by atoms with E-state index in [2.05, 4.69) is 5.32 Å². The zero-order chi connectivity index (χ0) is 15.2. The zero-order valence-corrected chi connectivity index (χ0v) is 12.0. The molecule has 0 radical (unpaired) electrons. The Morgan fingerprint density at radius 1 is 1.33 bits per heavy atom. The van der Waals surface area contributed by atoms with Gasteiger partial charge in [-0.25, -0.2) is 0 Å². The van der Waals surface area contributed by atoms with E-state index in [0.717, 1.165) is 12.1 Å². The zero-order valence-electron chi connectivity index (χ0n) is 12.0. The maximum Gasteiger partial charge on any atom is 0.251 e. The van der Waals surface area contributed by atoms with Crippen molar-refractivity contribution >= 4 is 17.7 Å². The Kier molecular flexibility index (Phi) is 3.11. The topological polar surface area (TPSA) is 92.5 Å². The van der Waals surface area contributed by atoms with Gasteiger partial charge in [0.1, 0.15) is 6.04 Å². The maximum atomic E-state index is 12.7. The number of nitrogens with two attached hydrogens (primary N) is 1. The number of fused-ring (bicyclic) bond motifs is 1. The molecule has 6 nitrogen and oxygen atoms in total. The summed E-state index contributed by atoms with van der Waals surface area (Å²) < 4.78 is 0. The molecule has 3 N–H and O–H groups in total. The smallest absolute Gasteiger partial charge is 0.251 e. The van der Waals surface area contributed by atoms with Gasteiger partial charge in [0.25, 0.3) is 5.91 Å². The molecular formula is C15H19N3O3. The van der Waals surface area contributed by atoms with E-state index in [1.165, 1.54) is 0 Å². The van der Waals surface area contributed by atoms with Crippen molar-refractivity contribution in [1.82, 2.24) is 10.2 Å². The average Bonchev–Trinajstić information content (AvgIpc) is 2.39. The number of nitrogens with one attached hydrogen (secondary N) is 1. The number of rotatable bonds is 1. The highest BCUT2D eigenvalue weighted by Gasteiger charge is 2.45. The first-order chi connectivity index (χ1) is 9.90. The molecule has 2 atom stereocenters. The Balaban J connectivity index is 1.86. The van der Waals surface area contributed by atoms with Crippen molar-refractivity contribution in [3.63, 3.8) is 0 Å². The second-order valence-electron chi connectivity index (χ2n) is 6.27. The van der Waals surface area contributed by atoms with Crippen LogP contribution in [-0.4, -0.2) is 35.2 Å². The van der Waals surface area contributed by atoms with Crippen LogP contribution < -0.4 is 11.1 Å². The van der Waals surface area contributed by atoms with Gasteiger partial charge in [-0.1, -0.05) is 13.0 Å². The molecule has 3 amide bonds. The number of carbonyl (C=O) groups excluding carboxylic acids is 3. The summed E-state index contributed by atoms with van der Waals surface area (Å²) in [7, 11) is 0. The van der Waals surface area contributed by atoms with E-state index < -0.39 is 6.04 Å². The molecule has 3 rings (SSSR count). The van der Waals surface area contributed by atoms with Crippen LogP contribution in [0.4, 0.5) is 0 Å². The summed E-state index contributed by atoms with van der Waals surface area (Å²) in [6.45, 7) is 2.56. The van der Waals surface area contributed by atoms with Crippen molar-refractivity contribution in [2.45, 2.75) is 38.6 Å². The second kappa shape index (κ2) is 4.72. The molecule has 2 aliphatic heterocycles. The fourth-order valence-electron chi connectivity index (χ4n) is 3.45. The molecule has 1 aliphatic carbocycles. The van der Waals surface area contributed by atoms with Gasteiger partial charge in [0.05, 0.1) is 0 Å². The molecule has 0 bridgehead atoms. The maximum absolute atomic E-state index is 12.7. The third kappa shape index (κ3) is 2.24. The number of imide groups is 1. The highest BCUT2D eigenvalue weighted by Crippen LogP contribution is 2.43. The van der Waals surface area contributed by atoms with Crippen LogP contribution in [0.25, 0.3) is 0 Å². The van der Waals surface area contributed by atoms with E-state index in [4.69, 9.17) is 5.73 Å². The highest BCUT2D eigenvalue weighted by molar-refractivity contribution is 6.04. The average molecular weight is 289 g/mol. The van der Waals surface area contributed by atoms with Crippen LogP contribution in [-0.2, 0) is 14.4 Å². The van der Waals surface area contributed by atoms with Gasteiger partial charge in [-0.05, 0) is 25.3 Å². The first kappa shape index (κ1) is 13.9. The van der Waals surface area contributed by atoms with Crippen LogP contribution in [0.3, 0.4) is 0 Å². The minimum Gasteiger partial charge on any atom is -0.402 e. The van der Waals surface area contributed by atoms with Crippen molar-refractivity contribution < 1.29 is 14.4 Å². The van der Waals surface area contributed by atoms with Crippen LogP contribution in [0.15, 0.2) is 23.4 Å². The van der Waals surface area contributed by atoms with Crippen molar-refractivity contribution in [1.29, 1.82) is 0 Å². The SMILES string of the molecule is CC12CCN(C3CCC(=O)NC3=O)C(=O)C1=CC=C(N)C2. The number of carbonyl (C=O) groups is 3. The number of likely N-dealkylation sites (tertiary alicyclic amines) is 1. The van der Waals surface area contributed by atoms with Gasteiger partial charge in [-0.15, -0.1) is 0 Å². The molecule has 0 spiro atoms. The minimum absolute atomic E-state index is 0.109. The van der Waals surface area contributed by atoms with Crippen LogP contribution >= 0.6 is 0 Å². The summed E-state index contributed by atoms with van der Waals surface area (Å²) in [5.74, 6) is -0.741. The number of hydrogen-bond acceptors (Lipinski definition) is 4. The molecule has 2 fully saturated rings. The van der Waals surface area contributed by atoms with Crippen molar-refractivity contribution in [3.8, 4) is 0 Å². The molecule has 112 valence electrons. The molecule has 21 heavy (non-hydrogen) atoms. The van der Waals surface area contributed by atoms with Gasteiger partial charge < -0.3 is 10.6 Å². The number of hydrogen-bond donors (Lipinski definition) is 2. The summed E-state index contributed by atoms with van der Waals surface area (Å²) >= 11 is 0. The minimum atomic E-state index is -0.538. The number of allylic oxidation sites excluding steroid dienone is 3. The first-order valence-corrected chi connectivity index (χ1v) is 7.22. The molecule has 2 heterocycles. The largest absolute Gasteiger partial charge is 0.402 e. The fourth-order valence-corrected chi connectivity index (χ4v) is 3.45. The monoisotopic (exact) mass is 289 g/mol. The number of piperidine rings is 2. The molecule has 3 aliphatic rings. The van der Waals surface area contributed by atoms with Crippen LogP contribution in [0, 0.1) is 5.41 Å². The Morgan fingerprint density at radius 2 is 2.10 bits per heavy atom.